The van der Waals surface area contributed by atoms with Crippen molar-refractivity contribution in [2.24, 2.45) is 5.73 Å². The van der Waals surface area contributed by atoms with E-state index in [-0.39, 0.29) is 6.04 Å². The fourth-order valence-corrected chi connectivity index (χ4v) is 1.95. The zero-order chi connectivity index (χ0) is 14.4. The molecule has 5 heteroatoms. The summed E-state index contributed by atoms with van der Waals surface area (Å²) in [6.45, 7) is 0.364. The molecule has 0 saturated heterocycles. The van der Waals surface area contributed by atoms with E-state index in [9.17, 15) is 0 Å². The first kappa shape index (κ1) is 14.8. The van der Waals surface area contributed by atoms with Gasteiger partial charge in [-0.2, -0.15) is 0 Å². The second kappa shape index (κ2) is 7.26. The molecule has 0 spiro atoms. The Morgan fingerprint density at radius 3 is 2.15 bits per heavy atom. The van der Waals surface area contributed by atoms with Gasteiger partial charge in [0.2, 0.25) is 0 Å². The molecule has 0 radical (unpaired) electrons. The first-order valence-corrected chi connectivity index (χ1v) is 6.70. The number of rotatable bonds is 6. The van der Waals surface area contributed by atoms with Gasteiger partial charge in [-0.3, -0.25) is 0 Å². The van der Waals surface area contributed by atoms with Crippen LogP contribution >= 0.6 is 11.6 Å². The van der Waals surface area contributed by atoms with Gasteiger partial charge in [-0.25, -0.2) is 5.48 Å². The summed E-state index contributed by atoms with van der Waals surface area (Å²) >= 11 is 5.82. The van der Waals surface area contributed by atoms with Gasteiger partial charge in [0.1, 0.15) is 11.5 Å². The molecule has 0 aliphatic rings. The van der Waals surface area contributed by atoms with E-state index in [1.165, 1.54) is 0 Å². The number of nitrogens with one attached hydrogen (secondary N) is 1. The lowest BCUT2D eigenvalue weighted by Crippen LogP contribution is -2.33. The minimum Gasteiger partial charge on any atom is -0.457 e. The van der Waals surface area contributed by atoms with Gasteiger partial charge in [0.15, 0.2) is 0 Å². The Morgan fingerprint density at radius 2 is 1.60 bits per heavy atom. The highest BCUT2D eigenvalue weighted by molar-refractivity contribution is 6.30. The molecule has 0 bridgehead atoms. The lowest BCUT2D eigenvalue weighted by molar-refractivity contribution is 0.160. The molecule has 20 heavy (non-hydrogen) atoms. The van der Waals surface area contributed by atoms with E-state index >= 15 is 0 Å². The summed E-state index contributed by atoms with van der Waals surface area (Å²) in [5, 5.41) is 9.26. The molecule has 4 nitrogen and oxygen atoms in total. The van der Waals surface area contributed by atoms with Gasteiger partial charge in [0.25, 0.3) is 0 Å². The van der Waals surface area contributed by atoms with Crippen LogP contribution in [0.1, 0.15) is 5.56 Å². The van der Waals surface area contributed by atoms with Gasteiger partial charge in [0, 0.05) is 17.6 Å². The lowest BCUT2D eigenvalue weighted by Gasteiger charge is -2.11. The van der Waals surface area contributed by atoms with Crippen molar-refractivity contribution in [3.8, 4) is 11.5 Å². The largest absolute Gasteiger partial charge is 0.457 e. The van der Waals surface area contributed by atoms with Crippen LogP contribution in [0.15, 0.2) is 48.5 Å². The summed E-state index contributed by atoms with van der Waals surface area (Å²) in [5.41, 5.74) is 9.00. The SMILES string of the molecule is NC(CNO)Cc1ccc(Oc2ccc(Cl)cc2)cc1. The Balaban J connectivity index is 1.96. The topological polar surface area (TPSA) is 67.5 Å². The highest BCUT2D eigenvalue weighted by Crippen LogP contribution is 2.23. The van der Waals surface area contributed by atoms with E-state index in [0.717, 1.165) is 17.1 Å². The van der Waals surface area contributed by atoms with E-state index in [2.05, 4.69) is 5.48 Å². The third kappa shape index (κ3) is 4.51. The van der Waals surface area contributed by atoms with E-state index in [1.54, 1.807) is 12.1 Å². The van der Waals surface area contributed by atoms with E-state index in [1.807, 2.05) is 36.4 Å². The second-order valence-electron chi connectivity index (χ2n) is 4.53. The third-order valence-corrected chi connectivity index (χ3v) is 3.08. The fourth-order valence-electron chi connectivity index (χ4n) is 1.82. The summed E-state index contributed by atoms with van der Waals surface area (Å²) in [4.78, 5) is 0. The summed E-state index contributed by atoms with van der Waals surface area (Å²) in [7, 11) is 0. The van der Waals surface area contributed by atoms with Crippen LogP contribution in [0.3, 0.4) is 0 Å². The van der Waals surface area contributed by atoms with Crippen molar-refractivity contribution in [2.45, 2.75) is 12.5 Å². The van der Waals surface area contributed by atoms with Gasteiger partial charge in [-0.15, -0.1) is 0 Å². The number of benzene rings is 2. The molecule has 0 aromatic heterocycles. The van der Waals surface area contributed by atoms with E-state index < -0.39 is 0 Å². The molecule has 2 aromatic rings. The number of ether oxygens (including phenoxy) is 1. The fraction of sp³-hybridized carbons (Fsp3) is 0.200. The normalized spacial score (nSPS) is 12.2. The van der Waals surface area contributed by atoms with Crippen LogP contribution in [0.4, 0.5) is 0 Å². The second-order valence-corrected chi connectivity index (χ2v) is 4.96. The zero-order valence-corrected chi connectivity index (χ0v) is 11.7. The van der Waals surface area contributed by atoms with Gasteiger partial charge in [-0.1, -0.05) is 23.7 Å². The third-order valence-electron chi connectivity index (χ3n) is 2.82. The van der Waals surface area contributed by atoms with Crippen molar-refractivity contribution < 1.29 is 9.94 Å². The average Bonchev–Trinajstić information content (AvgIpc) is 2.44. The van der Waals surface area contributed by atoms with Crippen LogP contribution in [0.25, 0.3) is 0 Å². The Kier molecular flexibility index (Phi) is 5.38. The number of hydrogen-bond donors (Lipinski definition) is 3. The average molecular weight is 293 g/mol. The number of halogens is 1. The predicted octanol–water partition coefficient (Wildman–Crippen LogP) is 2.98. The number of nitrogens with two attached hydrogens (primary N) is 1. The molecule has 0 aliphatic heterocycles. The molecule has 4 N–H and O–H groups in total. The van der Waals surface area contributed by atoms with Crippen molar-refractivity contribution in [1.82, 2.24) is 5.48 Å². The molecule has 0 saturated carbocycles. The lowest BCUT2D eigenvalue weighted by atomic mass is 10.1. The highest BCUT2D eigenvalue weighted by atomic mass is 35.5. The first-order chi connectivity index (χ1) is 9.67. The Hall–Kier alpha value is -1.59. The van der Waals surface area contributed by atoms with Crippen molar-refractivity contribution in [3.05, 3.63) is 59.1 Å². The van der Waals surface area contributed by atoms with Gasteiger partial charge in [-0.05, 0) is 48.4 Å². The first-order valence-electron chi connectivity index (χ1n) is 6.32. The molecule has 0 amide bonds. The van der Waals surface area contributed by atoms with Crippen LogP contribution in [0.2, 0.25) is 5.02 Å². The summed E-state index contributed by atoms with van der Waals surface area (Å²) < 4.78 is 5.70. The molecule has 1 atom stereocenters. The predicted molar refractivity (Wildman–Crippen MR) is 79.4 cm³/mol. The maximum Gasteiger partial charge on any atom is 0.127 e. The summed E-state index contributed by atoms with van der Waals surface area (Å²) in [5.74, 6) is 1.49. The maximum atomic E-state index is 8.58. The van der Waals surface area contributed by atoms with Gasteiger partial charge < -0.3 is 15.7 Å². The van der Waals surface area contributed by atoms with Gasteiger partial charge >= 0.3 is 0 Å². The van der Waals surface area contributed by atoms with E-state index in [4.69, 9.17) is 27.3 Å². The van der Waals surface area contributed by atoms with Crippen LogP contribution in [-0.4, -0.2) is 17.8 Å². The van der Waals surface area contributed by atoms with Crippen molar-refractivity contribution in [2.75, 3.05) is 6.54 Å². The van der Waals surface area contributed by atoms with Crippen LogP contribution < -0.4 is 16.0 Å². The standard InChI is InChI=1S/C15H17ClN2O2/c16-12-3-7-15(8-4-12)20-14-5-1-11(2-6-14)9-13(17)10-18-19/h1-8,13,18-19H,9-10,17H2. The Bertz CT molecular complexity index is 529. The number of hydroxylamine groups is 1. The molecular formula is C15H17ClN2O2. The molecule has 0 heterocycles. The van der Waals surface area contributed by atoms with Crippen molar-refractivity contribution in [1.29, 1.82) is 0 Å². The van der Waals surface area contributed by atoms with E-state index in [0.29, 0.717) is 18.0 Å². The van der Waals surface area contributed by atoms with Crippen LogP contribution in [0, 0.1) is 0 Å². The molecule has 1 unspecified atom stereocenters. The number of hydrogen-bond acceptors (Lipinski definition) is 4. The Morgan fingerprint density at radius 1 is 1.05 bits per heavy atom. The molecule has 2 aromatic carbocycles. The summed E-state index contributed by atoms with van der Waals surface area (Å²) in [6.07, 6.45) is 0.689. The molecule has 0 fully saturated rings. The van der Waals surface area contributed by atoms with Crippen LogP contribution in [-0.2, 0) is 6.42 Å². The minimum atomic E-state index is -0.122. The smallest absolute Gasteiger partial charge is 0.127 e. The quantitative estimate of drug-likeness (QED) is 0.716. The summed E-state index contributed by atoms with van der Waals surface area (Å²) in [6, 6.07) is 14.8. The highest BCUT2D eigenvalue weighted by Gasteiger charge is 2.04. The van der Waals surface area contributed by atoms with Crippen molar-refractivity contribution >= 4 is 11.6 Å². The van der Waals surface area contributed by atoms with Gasteiger partial charge in [0.05, 0.1) is 0 Å². The molecule has 0 aliphatic carbocycles. The van der Waals surface area contributed by atoms with Crippen LogP contribution in [0.5, 0.6) is 11.5 Å². The molecule has 2 rings (SSSR count). The monoisotopic (exact) mass is 292 g/mol. The maximum absolute atomic E-state index is 8.58. The molecule has 106 valence electrons. The zero-order valence-electron chi connectivity index (χ0n) is 10.9. The Labute approximate surface area is 123 Å². The molecular weight excluding hydrogens is 276 g/mol. The van der Waals surface area contributed by atoms with Crippen molar-refractivity contribution in [3.63, 3.8) is 0 Å². The minimum absolute atomic E-state index is 0.122.